The van der Waals surface area contributed by atoms with Crippen molar-refractivity contribution in [2.24, 2.45) is 0 Å². The first-order chi connectivity index (χ1) is 5.13. The number of benzene rings is 1. The van der Waals surface area contributed by atoms with Crippen LogP contribution in [0, 0.1) is 11.6 Å². The van der Waals surface area contributed by atoms with Crippen molar-refractivity contribution < 1.29 is 18.7 Å². The second-order valence-corrected chi connectivity index (χ2v) is 1.89. The van der Waals surface area contributed by atoms with Gasteiger partial charge < -0.3 is 9.90 Å². The van der Waals surface area contributed by atoms with E-state index in [4.69, 9.17) is 0 Å². The van der Waals surface area contributed by atoms with Crippen LogP contribution in [0.2, 0.25) is 0 Å². The smallest absolute Gasteiger partial charge is 0.167 e. The molecule has 1 aromatic carbocycles. The van der Waals surface area contributed by atoms with Gasteiger partial charge in [0.1, 0.15) is 0 Å². The Morgan fingerprint density at radius 3 is 2.45 bits per heavy atom. The van der Waals surface area contributed by atoms with Crippen LogP contribution in [-0.2, 0) is 0 Å². The molecule has 1 rings (SSSR count). The minimum Gasteiger partial charge on any atom is -0.545 e. The summed E-state index contributed by atoms with van der Waals surface area (Å²) in [7, 11) is 0. The Bertz CT molecular complexity index is 296. The number of halogens is 2. The molecule has 0 radical (unpaired) electrons. The molecule has 11 heavy (non-hydrogen) atoms. The summed E-state index contributed by atoms with van der Waals surface area (Å²) >= 11 is 0. The third-order valence-electron chi connectivity index (χ3n) is 1.17. The summed E-state index contributed by atoms with van der Waals surface area (Å²) in [5, 5.41) is 10.1. The quantitative estimate of drug-likeness (QED) is 0.589. The van der Waals surface area contributed by atoms with Crippen molar-refractivity contribution in [3.05, 3.63) is 35.4 Å². The Hall–Kier alpha value is -1.45. The summed E-state index contributed by atoms with van der Waals surface area (Å²) in [6, 6.07) is 2.87. The van der Waals surface area contributed by atoms with Crippen LogP contribution in [0.1, 0.15) is 10.4 Å². The Balaban J connectivity index is 3.27. The fraction of sp³-hybridized carbons (Fsp3) is 0. The summed E-state index contributed by atoms with van der Waals surface area (Å²) in [4.78, 5) is 10.1. The zero-order chi connectivity index (χ0) is 8.43. The van der Waals surface area contributed by atoms with Crippen LogP contribution in [0.4, 0.5) is 8.78 Å². The van der Waals surface area contributed by atoms with Gasteiger partial charge in [0.25, 0.3) is 0 Å². The lowest BCUT2D eigenvalue weighted by molar-refractivity contribution is -0.255. The molecule has 0 aromatic heterocycles. The Labute approximate surface area is 61.1 Å². The molecule has 1 aromatic rings. The molecule has 0 aliphatic rings. The Morgan fingerprint density at radius 1 is 1.36 bits per heavy atom. The molecule has 0 N–H and O–H groups in total. The molecule has 0 heterocycles. The van der Waals surface area contributed by atoms with Crippen molar-refractivity contribution in [1.29, 1.82) is 0 Å². The standard InChI is InChI=1S/C7H4F2O2/c8-5-3-1-2-4(6(5)9)7(10)11/h1-3H,(H,10,11)/p-1. The molecule has 4 heteroatoms. The second kappa shape index (κ2) is 2.65. The molecule has 0 saturated carbocycles. The van der Waals surface area contributed by atoms with Crippen molar-refractivity contribution in [3.63, 3.8) is 0 Å². The summed E-state index contributed by atoms with van der Waals surface area (Å²) in [6.07, 6.45) is 0. The summed E-state index contributed by atoms with van der Waals surface area (Å²) < 4.78 is 24.7. The topological polar surface area (TPSA) is 40.1 Å². The van der Waals surface area contributed by atoms with Crippen LogP contribution < -0.4 is 5.11 Å². The lowest BCUT2D eigenvalue weighted by Gasteiger charge is -2.02. The van der Waals surface area contributed by atoms with Crippen molar-refractivity contribution in [3.8, 4) is 0 Å². The number of aromatic carboxylic acids is 1. The molecule has 0 aliphatic heterocycles. The first-order valence-corrected chi connectivity index (χ1v) is 2.78. The van der Waals surface area contributed by atoms with Gasteiger partial charge >= 0.3 is 0 Å². The first kappa shape index (κ1) is 7.65. The average molecular weight is 157 g/mol. The maximum absolute atomic E-state index is 12.5. The second-order valence-electron chi connectivity index (χ2n) is 1.89. The van der Waals surface area contributed by atoms with Crippen molar-refractivity contribution in [2.75, 3.05) is 0 Å². The van der Waals surface area contributed by atoms with Gasteiger partial charge in [0.2, 0.25) is 0 Å². The molecule has 0 atom stereocenters. The summed E-state index contributed by atoms with van der Waals surface area (Å²) in [5.74, 6) is -4.29. The van der Waals surface area contributed by atoms with Crippen LogP contribution in [0.5, 0.6) is 0 Å². The maximum atomic E-state index is 12.5. The van der Waals surface area contributed by atoms with Gasteiger partial charge in [-0.2, -0.15) is 0 Å². The van der Waals surface area contributed by atoms with E-state index in [-0.39, 0.29) is 0 Å². The molecular formula is C7H3F2O2-. The van der Waals surface area contributed by atoms with E-state index < -0.39 is 23.2 Å². The van der Waals surface area contributed by atoms with Gasteiger partial charge in [0.05, 0.1) is 5.97 Å². The third kappa shape index (κ3) is 1.34. The number of carbonyl (C=O) groups is 1. The van der Waals surface area contributed by atoms with Gasteiger partial charge in [-0.05, 0) is 12.1 Å². The van der Waals surface area contributed by atoms with Crippen molar-refractivity contribution >= 4 is 5.97 Å². The molecule has 0 aliphatic carbocycles. The highest BCUT2D eigenvalue weighted by Crippen LogP contribution is 2.09. The van der Waals surface area contributed by atoms with E-state index in [0.717, 1.165) is 18.2 Å². The van der Waals surface area contributed by atoms with E-state index in [0.29, 0.717) is 0 Å². The van der Waals surface area contributed by atoms with Crippen LogP contribution in [0.15, 0.2) is 18.2 Å². The third-order valence-corrected chi connectivity index (χ3v) is 1.17. The molecule has 0 unspecified atom stereocenters. The fourth-order valence-corrected chi connectivity index (χ4v) is 0.661. The molecule has 0 saturated heterocycles. The van der Waals surface area contributed by atoms with Crippen molar-refractivity contribution in [1.82, 2.24) is 0 Å². The minimum atomic E-state index is -1.72. The normalized spacial score (nSPS) is 9.64. The summed E-state index contributed by atoms with van der Waals surface area (Å²) in [6.45, 7) is 0. The predicted octanol–water partition coefficient (Wildman–Crippen LogP) is 0.328. The average Bonchev–Trinajstić information content (AvgIpc) is 1.94. The lowest BCUT2D eigenvalue weighted by atomic mass is 10.2. The monoisotopic (exact) mass is 157 g/mol. The Morgan fingerprint density at radius 2 is 2.00 bits per heavy atom. The highest BCUT2D eigenvalue weighted by atomic mass is 19.2. The van der Waals surface area contributed by atoms with E-state index in [1.54, 1.807) is 0 Å². The molecule has 0 spiro atoms. The van der Waals surface area contributed by atoms with Gasteiger partial charge in [-0.15, -0.1) is 0 Å². The molecule has 0 fully saturated rings. The predicted molar refractivity (Wildman–Crippen MR) is 30.7 cm³/mol. The molecule has 58 valence electrons. The minimum absolute atomic E-state index is 0.759. The van der Waals surface area contributed by atoms with Gasteiger partial charge in [-0.1, -0.05) is 6.07 Å². The number of hydrogen-bond donors (Lipinski definition) is 0. The lowest BCUT2D eigenvalue weighted by Crippen LogP contribution is -2.23. The zero-order valence-corrected chi connectivity index (χ0v) is 5.30. The summed E-state index contributed by atoms with van der Waals surface area (Å²) in [5.41, 5.74) is -0.759. The van der Waals surface area contributed by atoms with E-state index in [2.05, 4.69) is 0 Å². The zero-order valence-electron chi connectivity index (χ0n) is 5.30. The van der Waals surface area contributed by atoms with E-state index in [1.807, 2.05) is 0 Å². The van der Waals surface area contributed by atoms with Gasteiger partial charge in [-0.3, -0.25) is 0 Å². The number of carboxylic acids is 1. The molecule has 0 amide bonds. The van der Waals surface area contributed by atoms with Gasteiger partial charge in [0, 0.05) is 5.56 Å². The van der Waals surface area contributed by atoms with E-state index >= 15 is 0 Å². The number of hydrogen-bond acceptors (Lipinski definition) is 2. The molecule has 2 nitrogen and oxygen atoms in total. The first-order valence-electron chi connectivity index (χ1n) is 2.78. The van der Waals surface area contributed by atoms with E-state index in [9.17, 15) is 18.7 Å². The van der Waals surface area contributed by atoms with Crippen LogP contribution >= 0.6 is 0 Å². The highest BCUT2D eigenvalue weighted by molar-refractivity contribution is 5.85. The van der Waals surface area contributed by atoms with Crippen molar-refractivity contribution in [2.45, 2.75) is 0 Å². The van der Waals surface area contributed by atoms with Gasteiger partial charge in [-0.25, -0.2) is 8.78 Å². The van der Waals surface area contributed by atoms with Crippen LogP contribution in [-0.4, -0.2) is 5.97 Å². The van der Waals surface area contributed by atoms with Gasteiger partial charge in [0.15, 0.2) is 11.6 Å². The number of rotatable bonds is 1. The highest BCUT2D eigenvalue weighted by Gasteiger charge is 2.06. The molecule has 0 bridgehead atoms. The fourth-order valence-electron chi connectivity index (χ4n) is 0.661. The van der Waals surface area contributed by atoms with E-state index in [1.165, 1.54) is 0 Å². The van der Waals surface area contributed by atoms with Crippen LogP contribution in [0.3, 0.4) is 0 Å². The number of carboxylic acid groups (broad SMARTS) is 1. The maximum Gasteiger partial charge on any atom is 0.167 e. The SMILES string of the molecule is O=C([O-])c1cccc(F)c1F. The Kier molecular flexibility index (Phi) is 1.85. The number of carbonyl (C=O) groups excluding carboxylic acids is 1. The van der Waals surface area contributed by atoms with Crippen LogP contribution in [0.25, 0.3) is 0 Å². The molecular weight excluding hydrogens is 154 g/mol. The largest absolute Gasteiger partial charge is 0.545 e.